The van der Waals surface area contributed by atoms with Crippen molar-refractivity contribution in [3.05, 3.63) is 64.7 Å². The Morgan fingerprint density at radius 3 is 2.29 bits per heavy atom. The van der Waals surface area contributed by atoms with E-state index in [2.05, 4.69) is 0 Å². The molecule has 6 nitrogen and oxygen atoms in total. The zero-order valence-corrected chi connectivity index (χ0v) is 11.0. The van der Waals surface area contributed by atoms with E-state index in [9.17, 15) is 14.8 Å². The summed E-state index contributed by atoms with van der Waals surface area (Å²) in [6.07, 6.45) is 0.286. The molecule has 0 radical (unpaired) electrons. The fourth-order valence-corrected chi connectivity index (χ4v) is 2.10. The van der Waals surface area contributed by atoms with Crippen molar-refractivity contribution in [3.8, 4) is 0 Å². The van der Waals surface area contributed by atoms with Crippen LogP contribution in [-0.2, 0) is 6.42 Å². The van der Waals surface area contributed by atoms with Gasteiger partial charge in [-0.2, -0.15) is 5.48 Å². The van der Waals surface area contributed by atoms with E-state index in [4.69, 9.17) is 10.2 Å². The van der Waals surface area contributed by atoms with E-state index >= 15 is 0 Å². The molecule has 0 spiro atoms. The molecule has 5 N–H and O–H groups in total. The summed E-state index contributed by atoms with van der Waals surface area (Å²) in [6, 6.07) is 10.9. The lowest BCUT2D eigenvalue weighted by Crippen LogP contribution is -2.74. The maximum absolute atomic E-state index is 11.2. The third-order valence-corrected chi connectivity index (χ3v) is 3.16. The molecule has 2 aromatic carbocycles. The smallest absolute Gasteiger partial charge is 0.335 e. The molecule has 0 unspecified atom stereocenters. The highest BCUT2D eigenvalue weighted by molar-refractivity contribution is 5.90. The maximum Gasteiger partial charge on any atom is 0.335 e. The summed E-state index contributed by atoms with van der Waals surface area (Å²) in [5.74, 6) is -2.11. The van der Waals surface area contributed by atoms with E-state index in [1.807, 2.05) is 0 Å². The van der Waals surface area contributed by atoms with Crippen LogP contribution in [0.5, 0.6) is 0 Å². The molecule has 0 saturated heterocycles. The summed E-state index contributed by atoms with van der Waals surface area (Å²) in [5.41, 5.74) is 2.67. The lowest BCUT2D eigenvalue weighted by Gasteiger charge is -2.08. The van der Waals surface area contributed by atoms with Crippen LogP contribution in [0.15, 0.2) is 42.5 Å². The Bertz CT molecular complexity index is 696. The van der Waals surface area contributed by atoms with Crippen LogP contribution in [0.1, 0.15) is 31.8 Å². The minimum absolute atomic E-state index is 0.0607. The second-order valence-electron chi connectivity index (χ2n) is 4.49. The van der Waals surface area contributed by atoms with Crippen molar-refractivity contribution in [2.45, 2.75) is 6.42 Å². The monoisotopic (exact) mass is 288 g/mol. The van der Waals surface area contributed by atoms with Crippen molar-refractivity contribution in [1.29, 1.82) is 0 Å². The van der Waals surface area contributed by atoms with Crippen LogP contribution in [0.4, 0.5) is 5.69 Å². The first kappa shape index (κ1) is 14.7. The van der Waals surface area contributed by atoms with Gasteiger partial charge in [-0.15, -0.1) is 0 Å². The Hall–Kier alpha value is -2.70. The first-order chi connectivity index (χ1) is 10.0. The number of quaternary nitrogens is 1. The number of rotatable bonds is 5. The van der Waals surface area contributed by atoms with E-state index < -0.39 is 11.9 Å². The Morgan fingerprint density at radius 2 is 1.67 bits per heavy atom. The van der Waals surface area contributed by atoms with Crippen LogP contribution < -0.4 is 5.48 Å². The van der Waals surface area contributed by atoms with E-state index in [1.54, 1.807) is 24.3 Å². The van der Waals surface area contributed by atoms with Crippen molar-refractivity contribution < 1.29 is 30.5 Å². The van der Waals surface area contributed by atoms with Crippen molar-refractivity contribution in [1.82, 2.24) is 0 Å². The molecule has 0 heterocycles. The highest BCUT2D eigenvalue weighted by Crippen LogP contribution is 2.20. The largest absolute Gasteiger partial charge is 0.478 e. The number of aromatic carboxylic acids is 2. The van der Waals surface area contributed by atoms with Gasteiger partial charge in [0.2, 0.25) is 0 Å². The Labute approximate surface area is 120 Å². The third kappa shape index (κ3) is 3.25. The second kappa shape index (κ2) is 6.17. The molecule has 0 atom stereocenters. The molecule has 0 aliphatic rings. The van der Waals surface area contributed by atoms with Gasteiger partial charge in [0.15, 0.2) is 5.69 Å². The second-order valence-corrected chi connectivity index (χ2v) is 4.49. The lowest BCUT2D eigenvalue weighted by atomic mass is 9.97. The van der Waals surface area contributed by atoms with Gasteiger partial charge in [0, 0.05) is 18.1 Å². The molecule has 2 aromatic rings. The number of hydrogen-bond donors (Lipinski definition) is 4. The molecule has 6 heteroatoms. The zero-order valence-electron chi connectivity index (χ0n) is 11.0. The number of hydrogen-bond acceptors (Lipinski definition) is 3. The normalized spacial score (nSPS) is 10.3. The van der Waals surface area contributed by atoms with Gasteiger partial charge >= 0.3 is 11.9 Å². The summed E-state index contributed by atoms with van der Waals surface area (Å²) in [7, 11) is 0. The van der Waals surface area contributed by atoms with Crippen LogP contribution in [-0.4, -0.2) is 27.4 Å². The quantitative estimate of drug-likeness (QED) is 0.489. The fourth-order valence-electron chi connectivity index (χ4n) is 2.10. The first-order valence-corrected chi connectivity index (χ1v) is 6.17. The first-order valence-electron chi connectivity index (χ1n) is 6.17. The van der Waals surface area contributed by atoms with Gasteiger partial charge in [0.1, 0.15) is 0 Å². The number of carboxylic acids is 2. The number of nitrogens with two attached hydrogens (primary N) is 1. The van der Waals surface area contributed by atoms with E-state index in [0.29, 0.717) is 16.8 Å². The number of carboxylic acid groups (broad SMARTS) is 2. The minimum atomic E-state index is -1.09. The molecular formula is C15H14NO5+. The minimum Gasteiger partial charge on any atom is -0.478 e. The summed E-state index contributed by atoms with van der Waals surface area (Å²) < 4.78 is 0. The zero-order chi connectivity index (χ0) is 15.4. The highest BCUT2D eigenvalue weighted by atomic mass is 16.5. The average molecular weight is 288 g/mol. The molecule has 0 aliphatic heterocycles. The van der Waals surface area contributed by atoms with E-state index in [0.717, 1.165) is 5.48 Å². The van der Waals surface area contributed by atoms with Crippen LogP contribution >= 0.6 is 0 Å². The predicted octanol–water partition coefficient (Wildman–Crippen LogP) is 1.26. The van der Waals surface area contributed by atoms with Gasteiger partial charge in [-0.3, -0.25) is 0 Å². The van der Waals surface area contributed by atoms with Gasteiger partial charge in [-0.25, -0.2) is 14.8 Å². The summed E-state index contributed by atoms with van der Waals surface area (Å²) in [4.78, 5) is 22.1. The molecule has 0 saturated carbocycles. The number of benzene rings is 2. The topological polar surface area (TPSA) is 111 Å². The van der Waals surface area contributed by atoms with Gasteiger partial charge in [0.05, 0.1) is 11.1 Å². The maximum atomic E-state index is 11.2. The summed E-state index contributed by atoms with van der Waals surface area (Å²) in [6.45, 7) is 0. The molecular weight excluding hydrogens is 274 g/mol. The van der Waals surface area contributed by atoms with Crippen molar-refractivity contribution in [2.24, 2.45) is 0 Å². The molecule has 2 rings (SSSR count). The van der Waals surface area contributed by atoms with Crippen LogP contribution in [0, 0.1) is 0 Å². The third-order valence-electron chi connectivity index (χ3n) is 3.16. The average Bonchev–Trinajstić information content (AvgIpc) is 2.47. The van der Waals surface area contributed by atoms with Crippen LogP contribution in [0.25, 0.3) is 0 Å². The summed E-state index contributed by atoms with van der Waals surface area (Å²) in [5, 5.41) is 27.3. The molecule has 0 fully saturated rings. The Kier molecular flexibility index (Phi) is 4.32. The van der Waals surface area contributed by atoms with Crippen molar-refractivity contribution in [2.75, 3.05) is 0 Å². The van der Waals surface area contributed by atoms with Crippen LogP contribution in [0.2, 0.25) is 0 Å². The van der Waals surface area contributed by atoms with E-state index in [1.165, 1.54) is 18.2 Å². The van der Waals surface area contributed by atoms with Gasteiger partial charge in [-0.1, -0.05) is 24.3 Å². The molecule has 0 amide bonds. The Balaban J connectivity index is 2.40. The van der Waals surface area contributed by atoms with Crippen molar-refractivity contribution >= 4 is 17.6 Å². The Morgan fingerprint density at radius 1 is 0.952 bits per heavy atom. The predicted molar refractivity (Wildman–Crippen MR) is 73.0 cm³/mol. The van der Waals surface area contributed by atoms with E-state index in [-0.39, 0.29) is 17.5 Å². The summed E-state index contributed by atoms with van der Waals surface area (Å²) >= 11 is 0. The van der Waals surface area contributed by atoms with Crippen LogP contribution in [0.3, 0.4) is 0 Å². The standard InChI is InChI=1S/C15H13NO5/c17-14(18)11-6-5-10(13(8-11)16-21)7-9-3-1-2-4-12(9)15(19)20/h1-6,8,16,21H,7H2,(H,17,18)(H,19,20)/p+1. The molecule has 0 bridgehead atoms. The highest BCUT2D eigenvalue weighted by Gasteiger charge is 2.15. The van der Waals surface area contributed by atoms with Gasteiger partial charge in [-0.05, 0) is 17.7 Å². The lowest BCUT2D eigenvalue weighted by molar-refractivity contribution is -0.826. The molecule has 108 valence electrons. The molecule has 21 heavy (non-hydrogen) atoms. The number of carbonyl (C=O) groups is 2. The molecule has 0 aliphatic carbocycles. The van der Waals surface area contributed by atoms with Gasteiger partial charge < -0.3 is 10.2 Å². The fraction of sp³-hybridized carbons (Fsp3) is 0.0667. The van der Waals surface area contributed by atoms with Gasteiger partial charge in [0.25, 0.3) is 0 Å². The molecule has 0 aromatic heterocycles. The SMILES string of the molecule is O=C(O)c1ccc(Cc2ccccc2C(=O)O)c([NH2+]O)c1. The van der Waals surface area contributed by atoms with Crippen molar-refractivity contribution in [3.63, 3.8) is 0 Å².